The zero-order valence-corrected chi connectivity index (χ0v) is 17.2. The van der Waals surface area contributed by atoms with Gasteiger partial charge in [0.15, 0.2) is 0 Å². The van der Waals surface area contributed by atoms with E-state index in [1.165, 1.54) is 4.70 Å². The highest BCUT2D eigenvalue weighted by atomic mass is 32.1. The smallest absolute Gasteiger partial charge is 0.236 e. The van der Waals surface area contributed by atoms with Crippen LogP contribution in [0.25, 0.3) is 10.2 Å². The SMILES string of the molecule is O=C(CN1CCC[C@@H]1c1nc2ccccc2s1)N1CCN(c2ccccn2)CC1. The van der Waals surface area contributed by atoms with Crippen molar-refractivity contribution in [3.05, 3.63) is 53.7 Å². The Labute approximate surface area is 174 Å². The first-order valence-corrected chi connectivity index (χ1v) is 11.1. The quantitative estimate of drug-likeness (QED) is 0.665. The van der Waals surface area contributed by atoms with Crippen molar-refractivity contribution >= 4 is 33.3 Å². The van der Waals surface area contributed by atoms with Crippen LogP contribution in [0, 0.1) is 0 Å². The standard InChI is InChI=1S/C22H25N5OS/c28-21(26-14-12-25(13-15-26)20-9-3-4-10-23-20)16-27-11-5-7-18(27)22-24-17-6-1-2-8-19(17)29-22/h1-4,6,8-10,18H,5,7,11-16H2/t18-/m1/s1. The first-order valence-electron chi connectivity index (χ1n) is 10.3. The molecule has 1 atom stereocenters. The van der Waals surface area contributed by atoms with Crippen molar-refractivity contribution in [2.75, 3.05) is 44.2 Å². The van der Waals surface area contributed by atoms with Crippen LogP contribution in [-0.4, -0.2) is 64.9 Å². The number of hydrogen-bond donors (Lipinski definition) is 0. The molecule has 0 radical (unpaired) electrons. The fourth-order valence-electron chi connectivity index (χ4n) is 4.33. The van der Waals surface area contributed by atoms with E-state index in [0.29, 0.717) is 6.54 Å². The minimum atomic E-state index is 0.235. The van der Waals surface area contributed by atoms with Gasteiger partial charge in [-0.3, -0.25) is 9.69 Å². The Bertz CT molecular complexity index is 950. The molecule has 0 spiro atoms. The number of fused-ring (bicyclic) bond motifs is 1. The summed E-state index contributed by atoms with van der Waals surface area (Å²) in [6, 6.07) is 14.5. The molecule has 6 nitrogen and oxygen atoms in total. The van der Waals surface area contributed by atoms with Crippen LogP contribution in [0.4, 0.5) is 5.82 Å². The first kappa shape index (κ1) is 18.5. The zero-order chi connectivity index (χ0) is 19.6. The molecule has 0 N–H and O–H groups in total. The fourth-order valence-corrected chi connectivity index (χ4v) is 5.46. The lowest BCUT2D eigenvalue weighted by atomic mass is 10.2. The van der Waals surface area contributed by atoms with Crippen LogP contribution in [0.3, 0.4) is 0 Å². The lowest BCUT2D eigenvalue weighted by Gasteiger charge is -2.36. The van der Waals surface area contributed by atoms with Crippen molar-refractivity contribution < 1.29 is 4.79 Å². The molecule has 0 unspecified atom stereocenters. The Morgan fingerprint density at radius 2 is 1.86 bits per heavy atom. The van der Waals surface area contributed by atoms with Crippen LogP contribution < -0.4 is 4.90 Å². The molecule has 4 heterocycles. The maximum Gasteiger partial charge on any atom is 0.236 e. The van der Waals surface area contributed by atoms with Gasteiger partial charge in [-0.05, 0) is 43.7 Å². The summed E-state index contributed by atoms with van der Waals surface area (Å²) in [6.07, 6.45) is 4.03. The van der Waals surface area contributed by atoms with E-state index in [2.05, 4.69) is 33.0 Å². The maximum atomic E-state index is 13.0. The molecule has 0 aliphatic carbocycles. The van der Waals surface area contributed by atoms with Crippen LogP contribution in [0.2, 0.25) is 0 Å². The second kappa shape index (κ2) is 8.08. The van der Waals surface area contributed by atoms with Gasteiger partial charge in [-0.15, -0.1) is 11.3 Å². The minimum Gasteiger partial charge on any atom is -0.353 e. The molecule has 2 aromatic heterocycles. The van der Waals surface area contributed by atoms with E-state index in [4.69, 9.17) is 4.98 Å². The van der Waals surface area contributed by atoms with Gasteiger partial charge >= 0.3 is 0 Å². The number of nitrogens with zero attached hydrogens (tertiary/aromatic N) is 5. The number of likely N-dealkylation sites (tertiary alicyclic amines) is 1. The Kier molecular flexibility index (Phi) is 5.16. The number of para-hydroxylation sites is 1. The molecule has 0 bridgehead atoms. The number of amides is 1. The Hall–Kier alpha value is -2.51. The van der Waals surface area contributed by atoms with E-state index in [9.17, 15) is 4.79 Å². The minimum absolute atomic E-state index is 0.235. The third-order valence-corrected chi connectivity index (χ3v) is 7.04. The van der Waals surface area contributed by atoms with Gasteiger partial charge in [0.05, 0.1) is 22.8 Å². The van der Waals surface area contributed by atoms with Gasteiger partial charge in [-0.1, -0.05) is 18.2 Å². The highest BCUT2D eigenvalue weighted by molar-refractivity contribution is 7.18. The number of carbonyl (C=O) groups excluding carboxylic acids is 1. The number of benzene rings is 1. The summed E-state index contributed by atoms with van der Waals surface area (Å²) in [5.74, 6) is 1.23. The average Bonchev–Trinajstić information content (AvgIpc) is 3.41. The largest absolute Gasteiger partial charge is 0.353 e. The molecule has 1 aromatic carbocycles. The van der Waals surface area contributed by atoms with E-state index in [1.54, 1.807) is 11.3 Å². The van der Waals surface area contributed by atoms with Crippen molar-refractivity contribution in [1.82, 2.24) is 19.8 Å². The number of piperazine rings is 1. The molecule has 1 amide bonds. The molecule has 5 rings (SSSR count). The number of carbonyl (C=O) groups is 1. The molecule has 0 saturated carbocycles. The lowest BCUT2D eigenvalue weighted by molar-refractivity contribution is -0.133. The number of hydrogen-bond acceptors (Lipinski definition) is 6. The molecule has 2 aliphatic rings. The van der Waals surface area contributed by atoms with E-state index in [-0.39, 0.29) is 11.9 Å². The molecule has 2 saturated heterocycles. The number of rotatable bonds is 4. The van der Waals surface area contributed by atoms with Crippen molar-refractivity contribution in [3.63, 3.8) is 0 Å². The zero-order valence-electron chi connectivity index (χ0n) is 16.4. The number of anilines is 1. The van der Waals surface area contributed by atoms with Gasteiger partial charge in [0.1, 0.15) is 10.8 Å². The molecule has 29 heavy (non-hydrogen) atoms. The number of aromatic nitrogens is 2. The van der Waals surface area contributed by atoms with Crippen LogP contribution in [0.15, 0.2) is 48.7 Å². The van der Waals surface area contributed by atoms with Crippen LogP contribution >= 0.6 is 11.3 Å². The molecule has 150 valence electrons. The van der Waals surface area contributed by atoms with Gasteiger partial charge < -0.3 is 9.80 Å². The summed E-state index contributed by atoms with van der Waals surface area (Å²) in [4.78, 5) is 28.8. The van der Waals surface area contributed by atoms with Gasteiger partial charge in [0, 0.05) is 32.4 Å². The summed E-state index contributed by atoms with van der Waals surface area (Å²) in [6.45, 7) is 4.66. The normalized spacial score (nSPS) is 20.5. The van der Waals surface area contributed by atoms with Crippen molar-refractivity contribution in [2.45, 2.75) is 18.9 Å². The summed E-state index contributed by atoms with van der Waals surface area (Å²) in [5.41, 5.74) is 1.07. The van der Waals surface area contributed by atoms with E-state index >= 15 is 0 Å². The molecular formula is C22H25N5OS. The second-order valence-corrected chi connectivity index (χ2v) is 8.77. The van der Waals surface area contributed by atoms with Gasteiger partial charge in [0.2, 0.25) is 5.91 Å². The van der Waals surface area contributed by atoms with Gasteiger partial charge in [0.25, 0.3) is 0 Å². The monoisotopic (exact) mass is 407 g/mol. The van der Waals surface area contributed by atoms with Gasteiger partial charge in [-0.25, -0.2) is 9.97 Å². The molecule has 7 heteroatoms. The van der Waals surface area contributed by atoms with E-state index in [1.807, 2.05) is 35.4 Å². The molecule has 2 fully saturated rings. The molecule has 2 aliphatic heterocycles. The Morgan fingerprint density at radius 3 is 2.66 bits per heavy atom. The van der Waals surface area contributed by atoms with Crippen molar-refractivity contribution in [2.24, 2.45) is 0 Å². The van der Waals surface area contributed by atoms with Crippen molar-refractivity contribution in [1.29, 1.82) is 0 Å². The van der Waals surface area contributed by atoms with Crippen LogP contribution in [0.1, 0.15) is 23.9 Å². The Morgan fingerprint density at radius 1 is 1.03 bits per heavy atom. The van der Waals surface area contributed by atoms with E-state index in [0.717, 1.165) is 61.9 Å². The predicted octanol–water partition coefficient (Wildman–Crippen LogP) is 3.18. The number of pyridine rings is 1. The maximum absolute atomic E-state index is 13.0. The summed E-state index contributed by atoms with van der Waals surface area (Å²) in [7, 11) is 0. The summed E-state index contributed by atoms with van der Waals surface area (Å²) >= 11 is 1.77. The van der Waals surface area contributed by atoms with Crippen LogP contribution in [0.5, 0.6) is 0 Å². The van der Waals surface area contributed by atoms with Crippen molar-refractivity contribution in [3.8, 4) is 0 Å². The summed E-state index contributed by atoms with van der Waals surface area (Å²) in [5, 5.41) is 1.15. The third kappa shape index (κ3) is 3.84. The van der Waals surface area contributed by atoms with Crippen LogP contribution in [-0.2, 0) is 4.79 Å². The lowest BCUT2D eigenvalue weighted by Crippen LogP contribution is -2.51. The highest BCUT2D eigenvalue weighted by Gasteiger charge is 2.32. The highest BCUT2D eigenvalue weighted by Crippen LogP contribution is 2.36. The van der Waals surface area contributed by atoms with Gasteiger partial charge in [-0.2, -0.15) is 0 Å². The second-order valence-electron chi connectivity index (χ2n) is 7.70. The molecule has 3 aromatic rings. The topological polar surface area (TPSA) is 52.6 Å². The Balaban J connectivity index is 1.21. The van der Waals surface area contributed by atoms with E-state index < -0.39 is 0 Å². The summed E-state index contributed by atoms with van der Waals surface area (Å²) < 4.78 is 1.23. The third-order valence-electron chi connectivity index (χ3n) is 5.90. The first-order chi connectivity index (χ1) is 14.3. The predicted molar refractivity (Wildman–Crippen MR) is 116 cm³/mol. The number of thiazole rings is 1. The fraction of sp³-hybridized carbons (Fsp3) is 0.409. The average molecular weight is 408 g/mol. The molecular weight excluding hydrogens is 382 g/mol.